The van der Waals surface area contributed by atoms with Crippen LogP contribution < -0.4 is 5.32 Å². The molecule has 1 aromatic rings. The molecule has 1 aromatic carbocycles. The zero-order valence-electron chi connectivity index (χ0n) is 10.0. The van der Waals surface area contributed by atoms with Crippen molar-refractivity contribution >= 4 is 21.8 Å². The molecule has 1 rings (SSSR count). The lowest BCUT2D eigenvalue weighted by atomic mass is 10.1. The Hall–Kier alpha value is -1.41. The van der Waals surface area contributed by atoms with Gasteiger partial charge in [-0.05, 0) is 36.6 Å². The van der Waals surface area contributed by atoms with Crippen molar-refractivity contribution in [1.29, 1.82) is 5.26 Å². The lowest BCUT2D eigenvalue weighted by Gasteiger charge is -2.08. The molecule has 3 nitrogen and oxygen atoms in total. The number of rotatable bonds is 5. The van der Waals surface area contributed by atoms with E-state index in [0.29, 0.717) is 24.9 Å². The predicted octanol–water partition coefficient (Wildman–Crippen LogP) is 2.80. The first-order valence-corrected chi connectivity index (χ1v) is 6.49. The molecule has 1 N–H and O–H groups in total. The summed E-state index contributed by atoms with van der Waals surface area (Å²) in [5.41, 5.74) is 0.537. The Bertz CT molecular complexity index is 471. The molecule has 0 aliphatic rings. The van der Waals surface area contributed by atoms with Crippen molar-refractivity contribution in [3.63, 3.8) is 0 Å². The fraction of sp³-hybridized carbons (Fsp3) is 0.385. The van der Waals surface area contributed by atoms with E-state index in [-0.39, 0.29) is 11.7 Å². The summed E-state index contributed by atoms with van der Waals surface area (Å²) in [5, 5.41) is 11.4. The van der Waals surface area contributed by atoms with Gasteiger partial charge in [0.1, 0.15) is 11.7 Å². The number of halogens is 2. The average Bonchev–Trinajstić information content (AvgIpc) is 2.35. The number of hydrogen-bond acceptors (Lipinski definition) is 2. The molecule has 0 saturated heterocycles. The number of nitrogens with zero attached hydrogens (tertiary/aromatic N) is 1. The second kappa shape index (κ2) is 7.12. The molecular formula is C13H14BrFN2O. The maximum atomic E-state index is 13.4. The molecule has 5 heteroatoms. The first-order valence-electron chi connectivity index (χ1n) is 5.69. The van der Waals surface area contributed by atoms with Crippen LogP contribution in [0.4, 0.5) is 4.39 Å². The monoisotopic (exact) mass is 312 g/mol. The standard InChI is InChI=1S/C13H14BrFN2O/c1-2-9(8-16)13(18)17-6-5-10-7-11(14)3-4-12(10)15/h3-4,7,9H,2,5-6H2,1H3,(H,17,18). The van der Waals surface area contributed by atoms with Gasteiger partial charge in [-0.25, -0.2) is 4.39 Å². The van der Waals surface area contributed by atoms with E-state index in [0.717, 1.165) is 4.47 Å². The molecule has 0 radical (unpaired) electrons. The van der Waals surface area contributed by atoms with Gasteiger partial charge in [-0.2, -0.15) is 5.26 Å². The highest BCUT2D eigenvalue weighted by Gasteiger charge is 2.14. The van der Waals surface area contributed by atoms with Gasteiger partial charge in [0, 0.05) is 11.0 Å². The van der Waals surface area contributed by atoms with Gasteiger partial charge in [-0.1, -0.05) is 22.9 Å². The molecule has 1 atom stereocenters. The summed E-state index contributed by atoms with van der Waals surface area (Å²) in [5.74, 6) is -1.22. The molecule has 0 spiro atoms. The van der Waals surface area contributed by atoms with Crippen LogP contribution in [0.3, 0.4) is 0 Å². The van der Waals surface area contributed by atoms with Crippen LogP contribution in [0.1, 0.15) is 18.9 Å². The van der Waals surface area contributed by atoms with Crippen molar-refractivity contribution < 1.29 is 9.18 Å². The summed E-state index contributed by atoms with van der Waals surface area (Å²) in [6, 6.07) is 6.62. The maximum absolute atomic E-state index is 13.4. The molecular weight excluding hydrogens is 299 g/mol. The third-order valence-electron chi connectivity index (χ3n) is 2.58. The van der Waals surface area contributed by atoms with E-state index in [1.807, 2.05) is 6.07 Å². The Morgan fingerprint density at radius 3 is 2.94 bits per heavy atom. The topological polar surface area (TPSA) is 52.9 Å². The van der Waals surface area contributed by atoms with Crippen molar-refractivity contribution in [1.82, 2.24) is 5.32 Å². The van der Waals surface area contributed by atoms with E-state index >= 15 is 0 Å². The van der Waals surface area contributed by atoms with Gasteiger partial charge in [0.25, 0.3) is 0 Å². The molecule has 0 aliphatic heterocycles. The summed E-state index contributed by atoms with van der Waals surface area (Å²) >= 11 is 3.27. The quantitative estimate of drug-likeness (QED) is 0.909. The second-order valence-corrected chi connectivity index (χ2v) is 4.78. The van der Waals surface area contributed by atoms with Gasteiger partial charge < -0.3 is 5.32 Å². The van der Waals surface area contributed by atoms with Gasteiger partial charge in [0.2, 0.25) is 5.91 Å². The van der Waals surface area contributed by atoms with E-state index in [9.17, 15) is 9.18 Å². The number of nitrogens with one attached hydrogen (secondary N) is 1. The predicted molar refractivity (Wildman–Crippen MR) is 70.2 cm³/mol. The molecule has 96 valence electrons. The number of hydrogen-bond donors (Lipinski definition) is 1. The lowest BCUT2D eigenvalue weighted by molar-refractivity contribution is -0.123. The highest BCUT2D eigenvalue weighted by molar-refractivity contribution is 9.10. The second-order valence-electron chi connectivity index (χ2n) is 3.87. The molecule has 0 aromatic heterocycles. The Labute approximate surface area is 114 Å². The highest BCUT2D eigenvalue weighted by atomic mass is 79.9. The van der Waals surface area contributed by atoms with Gasteiger partial charge in [-0.3, -0.25) is 4.79 Å². The van der Waals surface area contributed by atoms with Crippen molar-refractivity contribution in [2.24, 2.45) is 5.92 Å². The van der Waals surface area contributed by atoms with Crippen LogP contribution in [-0.4, -0.2) is 12.5 Å². The fourth-order valence-corrected chi connectivity index (χ4v) is 1.92. The van der Waals surface area contributed by atoms with Gasteiger partial charge in [0.15, 0.2) is 0 Å². The SMILES string of the molecule is CCC(C#N)C(=O)NCCc1cc(Br)ccc1F. The number of nitriles is 1. The zero-order chi connectivity index (χ0) is 13.5. The molecule has 0 aliphatic carbocycles. The van der Waals surface area contributed by atoms with Crippen LogP contribution in [0.2, 0.25) is 0 Å². The van der Waals surface area contributed by atoms with Crippen LogP contribution in [0.15, 0.2) is 22.7 Å². The Morgan fingerprint density at radius 2 is 2.33 bits per heavy atom. The van der Waals surface area contributed by atoms with Gasteiger partial charge in [0.05, 0.1) is 6.07 Å². The van der Waals surface area contributed by atoms with Crippen LogP contribution >= 0.6 is 15.9 Å². The minimum Gasteiger partial charge on any atom is -0.355 e. The van der Waals surface area contributed by atoms with Crippen LogP contribution in [-0.2, 0) is 11.2 Å². The van der Waals surface area contributed by atoms with Crippen LogP contribution in [0.5, 0.6) is 0 Å². The number of carbonyl (C=O) groups excluding carboxylic acids is 1. The summed E-state index contributed by atoms with van der Waals surface area (Å²) < 4.78 is 14.2. The molecule has 1 unspecified atom stereocenters. The molecule has 0 fully saturated rings. The highest BCUT2D eigenvalue weighted by Crippen LogP contribution is 2.15. The van der Waals surface area contributed by atoms with Crippen molar-refractivity contribution in [3.8, 4) is 6.07 Å². The Balaban J connectivity index is 2.49. The van der Waals surface area contributed by atoms with E-state index in [1.54, 1.807) is 19.1 Å². The molecule has 0 heterocycles. The maximum Gasteiger partial charge on any atom is 0.237 e. The van der Waals surface area contributed by atoms with E-state index in [1.165, 1.54) is 6.07 Å². The smallest absolute Gasteiger partial charge is 0.237 e. The first-order chi connectivity index (χ1) is 8.58. The van der Waals surface area contributed by atoms with Gasteiger partial charge in [-0.15, -0.1) is 0 Å². The zero-order valence-corrected chi connectivity index (χ0v) is 11.6. The number of amides is 1. The molecule has 1 amide bonds. The van der Waals surface area contributed by atoms with Crippen molar-refractivity contribution in [3.05, 3.63) is 34.1 Å². The largest absolute Gasteiger partial charge is 0.355 e. The third-order valence-corrected chi connectivity index (χ3v) is 3.08. The normalized spacial score (nSPS) is 11.7. The van der Waals surface area contributed by atoms with Crippen molar-refractivity contribution in [2.75, 3.05) is 6.54 Å². The summed E-state index contributed by atoms with van der Waals surface area (Å²) in [4.78, 5) is 11.5. The van der Waals surface area contributed by atoms with E-state index < -0.39 is 5.92 Å². The number of carbonyl (C=O) groups is 1. The Kier molecular flexibility index (Phi) is 5.79. The first kappa shape index (κ1) is 14.7. The number of benzene rings is 1. The third kappa shape index (κ3) is 4.11. The van der Waals surface area contributed by atoms with E-state index in [4.69, 9.17) is 5.26 Å². The minimum atomic E-state index is -0.627. The van der Waals surface area contributed by atoms with E-state index in [2.05, 4.69) is 21.2 Å². The van der Waals surface area contributed by atoms with Crippen LogP contribution in [0.25, 0.3) is 0 Å². The lowest BCUT2D eigenvalue weighted by Crippen LogP contribution is -2.31. The van der Waals surface area contributed by atoms with Gasteiger partial charge >= 0.3 is 0 Å². The summed E-state index contributed by atoms with van der Waals surface area (Å²) in [7, 11) is 0. The summed E-state index contributed by atoms with van der Waals surface area (Å²) in [6.45, 7) is 2.10. The van der Waals surface area contributed by atoms with Crippen LogP contribution in [0, 0.1) is 23.1 Å². The molecule has 18 heavy (non-hydrogen) atoms. The Morgan fingerprint density at radius 1 is 1.61 bits per heavy atom. The van der Waals surface area contributed by atoms with Crippen molar-refractivity contribution in [2.45, 2.75) is 19.8 Å². The molecule has 0 saturated carbocycles. The molecule has 0 bridgehead atoms. The summed E-state index contributed by atoms with van der Waals surface area (Å²) in [6.07, 6.45) is 0.881. The average molecular weight is 313 g/mol. The minimum absolute atomic E-state index is 0.292. The fourth-order valence-electron chi connectivity index (χ4n) is 1.51.